The number of allylic oxidation sites excluding steroid dienone is 7. The highest BCUT2D eigenvalue weighted by Crippen LogP contribution is 2.24. The van der Waals surface area contributed by atoms with Gasteiger partial charge in [0.15, 0.2) is 6.29 Å². The van der Waals surface area contributed by atoms with Crippen LogP contribution in [0.4, 0.5) is 0 Å². The Morgan fingerprint density at radius 2 is 0.663 bits per heavy atom. The third-order valence-electron chi connectivity index (χ3n) is 18.1. The number of aliphatic hydroxyl groups is 5. The number of rotatable bonds is 67. The minimum atomic E-state index is -1.58. The Morgan fingerprint density at radius 1 is 0.384 bits per heavy atom. The van der Waals surface area contributed by atoms with Gasteiger partial charge in [-0.2, -0.15) is 0 Å². The molecular formula is C77H145NO8. The third kappa shape index (κ3) is 53.9. The van der Waals surface area contributed by atoms with E-state index in [0.29, 0.717) is 6.42 Å². The van der Waals surface area contributed by atoms with Crippen LogP contribution in [0.2, 0.25) is 0 Å². The van der Waals surface area contributed by atoms with E-state index >= 15 is 0 Å². The molecule has 0 spiro atoms. The van der Waals surface area contributed by atoms with Crippen LogP contribution in [0.15, 0.2) is 48.6 Å². The summed E-state index contributed by atoms with van der Waals surface area (Å²) in [5.74, 6) is -0.184. The summed E-state index contributed by atoms with van der Waals surface area (Å²) in [7, 11) is 0. The highest BCUT2D eigenvalue weighted by atomic mass is 16.7. The number of nitrogens with one attached hydrogen (secondary N) is 1. The number of carbonyl (C=O) groups is 1. The average molecular weight is 1210 g/mol. The lowest BCUT2D eigenvalue weighted by Gasteiger charge is -2.40. The lowest BCUT2D eigenvalue weighted by molar-refractivity contribution is -0.302. The van der Waals surface area contributed by atoms with Gasteiger partial charge in [0.2, 0.25) is 5.91 Å². The second-order valence-electron chi connectivity index (χ2n) is 26.4. The SMILES string of the molecule is CCCCCCCCCC/C=C\CCCCCCCCCCCCCCCCCCCCCC(=O)NC(COC1OC(CO)C(O)C(O)C1O)C(O)/C=C/CC/C=C/CC/C=C/CCCCCCCCCCCCCCCCCCCCCCCC. The van der Waals surface area contributed by atoms with Crippen LogP contribution < -0.4 is 5.32 Å². The molecule has 7 unspecified atom stereocenters. The molecule has 0 aromatic heterocycles. The predicted molar refractivity (Wildman–Crippen MR) is 369 cm³/mol. The fourth-order valence-electron chi connectivity index (χ4n) is 12.2. The molecule has 0 aliphatic carbocycles. The summed E-state index contributed by atoms with van der Waals surface area (Å²) in [5, 5.41) is 54.8. The molecule has 0 radical (unpaired) electrons. The van der Waals surface area contributed by atoms with E-state index < -0.39 is 49.5 Å². The maximum atomic E-state index is 13.1. The maximum absolute atomic E-state index is 13.1. The van der Waals surface area contributed by atoms with Crippen LogP contribution in [0.3, 0.4) is 0 Å². The first kappa shape index (κ1) is 82.2. The van der Waals surface area contributed by atoms with Crippen molar-refractivity contribution in [1.29, 1.82) is 0 Å². The standard InChI is InChI=1S/C77H145NO8/c1-3-5-7-9-11-13-15-17-19-21-23-25-27-29-31-33-35-37-38-40-42-44-46-48-50-52-54-56-58-60-62-64-66-71(80)70(69-85-77-76(84)75(83)74(82)72(68-79)86-77)78-73(81)67-65-63-61-59-57-55-53-51-49-47-45-43-41-39-36-34-32-30-28-26-24-22-20-18-16-14-12-10-8-6-4-2/h22,24,48,50,56,58,64,66,70-72,74-77,79-80,82-84H,3-21,23,25-47,49,51-55,57,59-63,65,67-69H2,1-2H3,(H,78,81)/b24-22-,50-48+,58-56+,66-64+. The van der Waals surface area contributed by atoms with E-state index in [1.54, 1.807) is 6.08 Å². The Balaban J connectivity index is 2.12. The van der Waals surface area contributed by atoms with E-state index in [1.807, 2.05) is 6.08 Å². The zero-order chi connectivity index (χ0) is 62.1. The van der Waals surface area contributed by atoms with Gasteiger partial charge in [0.1, 0.15) is 24.4 Å². The van der Waals surface area contributed by atoms with Gasteiger partial charge in [0.25, 0.3) is 0 Å². The quantitative estimate of drug-likeness (QED) is 0.0261. The molecule has 1 aliphatic rings. The fourth-order valence-corrected chi connectivity index (χ4v) is 12.2. The second kappa shape index (κ2) is 66.1. The molecule has 1 rings (SSSR count). The number of amides is 1. The molecule has 0 bridgehead atoms. The molecule has 1 fully saturated rings. The van der Waals surface area contributed by atoms with Gasteiger partial charge in [-0.05, 0) is 70.6 Å². The summed E-state index contributed by atoms with van der Waals surface area (Å²) in [4.78, 5) is 13.1. The first-order valence-corrected chi connectivity index (χ1v) is 37.9. The summed E-state index contributed by atoms with van der Waals surface area (Å²) >= 11 is 0. The Labute approximate surface area is 533 Å². The summed E-state index contributed by atoms with van der Waals surface area (Å²) in [5.41, 5.74) is 0. The monoisotopic (exact) mass is 1210 g/mol. The molecule has 0 aromatic carbocycles. The van der Waals surface area contributed by atoms with Crippen LogP contribution in [0.25, 0.3) is 0 Å². The van der Waals surface area contributed by atoms with Crippen molar-refractivity contribution in [2.24, 2.45) is 0 Å². The fraction of sp³-hybridized carbons (Fsp3) is 0.883. The average Bonchev–Trinajstić information content (AvgIpc) is 3.59. The largest absolute Gasteiger partial charge is 0.394 e. The molecular weight excluding hydrogens is 1070 g/mol. The van der Waals surface area contributed by atoms with Gasteiger partial charge < -0.3 is 40.3 Å². The number of aliphatic hydroxyl groups excluding tert-OH is 5. The van der Waals surface area contributed by atoms with E-state index in [9.17, 15) is 30.3 Å². The smallest absolute Gasteiger partial charge is 0.220 e. The van der Waals surface area contributed by atoms with Crippen LogP contribution in [0, 0.1) is 0 Å². The Hall–Kier alpha value is -1.85. The van der Waals surface area contributed by atoms with Crippen LogP contribution in [0.5, 0.6) is 0 Å². The van der Waals surface area contributed by atoms with Gasteiger partial charge in [0, 0.05) is 6.42 Å². The molecule has 1 saturated heterocycles. The minimum absolute atomic E-state index is 0.184. The summed E-state index contributed by atoms with van der Waals surface area (Å²) in [6.45, 7) is 3.81. The number of unbranched alkanes of at least 4 members (excludes halogenated alkanes) is 51. The topological polar surface area (TPSA) is 149 Å². The number of ether oxygens (including phenoxy) is 2. The van der Waals surface area contributed by atoms with Crippen molar-refractivity contribution < 1.29 is 39.8 Å². The number of hydrogen-bond donors (Lipinski definition) is 6. The number of hydrogen-bond acceptors (Lipinski definition) is 8. The highest BCUT2D eigenvalue weighted by molar-refractivity contribution is 5.76. The van der Waals surface area contributed by atoms with Crippen molar-refractivity contribution in [3.8, 4) is 0 Å². The maximum Gasteiger partial charge on any atom is 0.220 e. The predicted octanol–water partition coefficient (Wildman–Crippen LogP) is 21.1. The van der Waals surface area contributed by atoms with E-state index in [0.717, 1.165) is 44.9 Å². The van der Waals surface area contributed by atoms with Crippen LogP contribution >= 0.6 is 0 Å². The summed E-state index contributed by atoms with van der Waals surface area (Å²) in [6, 6.07) is -0.830. The number of carbonyl (C=O) groups excluding carboxylic acids is 1. The molecule has 6 N–H and O–H groups in total. The van der Waals surface area contributed by atoms with E-state index in [-0.39, 0.29) is 12.5 Å². The van der Waals surface area contributed by atoms with Crippen molar-refractivity contribution in [3.63, 3.8) is 0 Å². The first-order valence-electron chi connectivity index (χ1n) is 37.9. The van der Waals surface area contributed by atoms with Gasteiger partial charge in [-0.25, -0.2) is 0 Å². The lowest BCUT2D eigenvalue weighted by atomic mass is 9.99. The zero-order valence-electron chi connectivity index (χ0n) is 56.8. The third-order valence-corrected chi connectivity index (χ3v) is 18.1. The van der Waals surface area contributed by atoms with Gasteiger partial charge in [-0.3, -0.25) is 4.79 Å². The zero-order valence-corrected chi connectivity index (χ0v) is 56.8. The highest BCUT2D eigenvalue weighted by Gasteiger charge is 2.44. The van der Waals surface area contributed by atoms with Crippen molar-refractivity contribution in [3.05, 3.63) is 48.6 Å². The van der Waals surface area contributed by atoms with Gasteiger partial charge in [-0.1, -0.05) is 351 Å². The van der Waals surface area contributed by atoms with Gasteiger partial charge in [-0.15, -0.1) is 0 Å². The molecule has 1 heterocycles. The van der Waals surface area contributed by atoms with E-state index in [1.165, 1.54) is 315 Å². The van der Waals surface area contributed by atoms with Crippen LogP contribution in [-0.2, 0) is 14.3 Å². The van der Waals surface area contributed by atoms with E-state index in [4.69, 9.17) is 9.47 Å². The summed E-state index contributed by atoms with van der Waals surface area (Å²) < 4.78 is 11.3. The summed E-state index contributed by atoms with van der Waals surface area (Å²) in [6.07, 6.45) is 83.9. The molecule has 86 heavy (non-hydrogen) atoms. The molecule has 9 nitrogen and oxygen atoms in total. The molecule has 1 amide bonds. The first-order chi connectivity index (χ1) is 42.3. The normalized spacial score (nSPS) is 18.2. The molecule has 0 saturated carbocycles. The van der Waals surface area contributed by atoms with Crippen molar-refractivity contribution in [1.82, 2.24) is 5.32 Å². The second-order valence-corrected chi connectivity index (χ2v) is 26.4. The Bertz CT molecular complexity index is 1500. The van der Waals surface area contributed by atoms with Crippen molar-refractivity contribution >= 4 is 5.91 Å². The lowest BCUT2D eigenvalue weighted by Crippen LogP contribution is -2.60. The molecule has 7 atom stereocenters. The van der Waals surface area contributed by atoms with E-state index in [2.05, 4.69) is 55.6 Å². The molecule has 9 heteroatoms. The molecule has 1 aliphatic heterocycles. The molecule has 0 aromatic rings. The van der Waals surface area contributed by atoms with Gasteiger partial charge in [0.05, 0.1) is 25.4 Å². The minimum Gasteiger partial charge on any atom is -0.394 e. The van der Waals surface area contributed by atoms with Gasteiger partial charge >= 0.3 is 0 Å². The van der Waals surface area contributed by atoms with Crippen molar-refractivity contribution in [2.75, 3.05) is 13.2 Å². The Morgan fingerprint density at radius 3 is 0.977 bits per heavy atom. The molecule has 506 valence electrons. The van der Waals surface area contributed by atoms with Crippen LogP contribution in [0.1, 0.15) is 380 Å². The van der Waals surface area contributed by atoms with Crippen molar-refractivity contribution in [2.45, 2.75) is 423 Å². The Kier molecular flexibility index (Phi) is 63.1. The van der Waals surface area contributed by atoms with Crippen LogP contribution in [-0.4, -0.2) is 87.5 Å².